The number of halogens is 1. The molecule has 144 valence electrons. The van der Waals surface area contributed by atoms with Gasteiger partial charge in [-0.15, -0.1) is 0 Å². The van der Waals surface area contributed by atoms with Crippen molar-refractivity contribution in [3.8, 4) is 17.6 Å². The van der Waals surface area contributed by atoms with E-state index in [0.717, 1.165) is 18.4 Å². The van der Waals surface area contributed by atoms with Crippen molar-refractivity contribution in [2.24, 2.45) is 0 Å². The molecule has 1 heterocycles. The molecular formula is C22H21ClN2O3. The van der Waals surface area contributed by atoms with Crippen molar-refractivity contribution in [2.45, 2.75) is 19.4 Å². The minimum absolute atomic E-state index is 0.124. The second-order valence-corrected chi connectivity index (χ2v) is 6.93. The Bertz CT molecular complexity index is 910. The normalized spacial score (nSPS) is 13.9. The largest absolute Gasteiger partial charge is 0.493 e. The van der Waals surface area contributed by atoms with Crippen LogP contribution in [-0.4, -0.2) is 31.0 Å². The first-order chi connectivity index (χ1) is 13.6. The van der Waals surface area contributed by atoms with E-state index >= 15 is 0 Å². The average molecular weight is 397 g/mol. The minimum atomic E-state index is -0.220. The van der Waals surface area contributed by atoms with Crippen molar-refractivity contribution < 1.29 is 14.3 Å². The van der Waals surface area contributed by atoms with Crippen LogP contribution in [0.15, 0.2) is 48.0 Å². The predicted octanol–water partition coefficient (Wildman–Crippen LogP) is 4.46. The van der Waals surface area contributed by atoms with Gasteiger partial charge in [0.2, 0.25) is 0 Å². The maximum atomic E-state index is 12.5. The van der Waals surface area contributed by atoms with Gasteiger partial charge in [0.05, 0.1) is 7.11 Å². The van der Waals surface area contributed by atoms with Crippen LogP contribution in [-0.2, 0) is 11.4 Å². The van der Waals surface area contributed by atoms with Gasteiger partial charge < -0.3 is 14.4 Å². The summed E-state index contributed by atoms with van der Waals surface area (Å²) >= 11 is 5.89. The zero-order valence-corrected chi connectivity index (χ0v) is 16.4. The molecule has 1 aliphatic heterocycles. The second-order valence-electron chi connectivity index (χ2n) is 6.49. The number of nitriles is 1. The van der Waals surface area contributed by atoms with Gasteiger partial charge in [0.15, 0.2) is 11.5 Å². The Balaban J connectivity index is 1.75. The van der Waals surface area contributed by atoms with Crippen molar-refractivity contribution >= 4 is 23.6 Å². The summed E-state index contributed by atoms with van der Waals surface area (Å²) in [5.41, 5.74) is 1.82. The summed E-state index contributed by atoms with van der Waals surface area (Å²) in [6.45, 7) is 1.79. The summed E-state index contributed by atoms with van der Waals surface area (Å²) in [6, 6.07) is 14.8. The second kappa shape index (κ2) is 9.29. The van der Waals surface area contributed by atoms with Crippen molar-refractivity contribution in [2.75, 3.05) is 20.2 Å². The van der Waals surface area contributed by atoms with E-state index in [0.29, 0.717) is 41.8 Å². The van der Waals surface area contributed by atoms with Crippen molar-refractivity contribution in [1.82, 2.24) is 4.90 Å². The number of carbonyl (C=O) groups excluding carboxylic acids is 1. The highest BCUT2D eigenvalue weighted by atomic mass is 35.5. The molecule has 1 fully saturated rings. The highest BCUT2D eigenvalue weighted by Crippen LogP contribution is 2.30. The van der Waals surface area contributed by atoms with E-state index in [1.54, 1.807) is 36.3 Å². The molecule has 0 aliphatic carbocycles. The zero-order valence-electron chi connectivity index (χ0n) is 15.7. The SMILES string of the molecule is COc1cc(/C=C(\C#N)C(=O)N2CCCC2)ccc1OCc1ccc(Cl)cc1. The van der Waals surface area contributed by atoms with Gasteiger partial charge in [-0.1, -0.05) is 29.8 Å². The number of rotatable bonds is 6. The molecule has 1 amide bonds. The van der Waals surface area contributed by atoms with Crippen LogP contribution in [0.5, 0.6) is 11.5 Å². The van der Waals surface area contributed by atoms with Crippen LogP contribution in [0, 0.1) is 11.3 Å². The molecule has 2 aromatic carbocycles. The molecule has 28 heavy (non-hydrogen) atoms. The van der Waals surface area contributed by atoms with Crippen LogP contribution in [0.2, 0.25) is 5.02 Å². The lowest BCUT2D eigenvalue weighted by Crippen LogP contribution is -2.28. The highest BCUT2D eigenvalue weighted by molar-refractivity contribution is 6.30. The van der Waals surface area contributed by atoms with Gasteiger partial charge in [-0.25, -0.2) is 0 Å². The molecular weight excluding hydrogens is 376 g/mol. The van der Waals surface area contributed by atoms with Gasteiger partial charge >= 0.3 is 0 Å². The van der Waals surface area contributed by atoms with Crippen LogP contribution < -0.4 is 9.47 Å². The van der Waals surface area contributed by atoms with Gasteiger partial charge in [-0.05, 0) is 54.3 Å². The van der Waals surface area contributed by atoms with Crippen LogP contribution in [0.25, 0.3) is 6.08 Å². The summed E-state index contributed by atoms with van der Waals surface area (Å²) in [7, 11) is 1.55. The Kier molecular flexibility index (Phi) is 6.57. The van der Waals surface area contributed by atoms with E-state index in [1.807, 2.05) is 30.3 Å². The molecule has 0 N–H and O–H groups in total. The molecule has 1 aliphatic rings. The van der Waals surface area contributed by atoms with Gasteiger partial charge in [0.25, 0.3) is 5.91 Å². The van der Waals surface area contributed by atoms with E-state index in [4.69, 9.17) is 21.1 Å². The maximum absolute atomic E-state index is 12.5. The van der Waals surface area contributed by atoms with Crippen LogP contribution in [0.4, 0.5) is 0 Å². The first-order valence-electron chi connectivity index (χ1n) is 9.07. The Morgan fingerprint density at radius 2 is 1.89 bits per heavy atom. The van der Waals surface area contributed by atoms with Gasteiger partial charge in [0.1, 0.15) is 18.2 Å². The first-order valence-corrected chi connectivity index (χ1v) is 9.45. The standard InChI is InChI=1S/C22H21ClN2O3/c1-27-21-13-17(12-18(14-24)22(26)25-10-2-3-11-25)6-9-20(21)28-15-16-4-7-19(23)8-5-16/h4-9,12-13H,2-3,10-11,15H2,1H3/b18-12+. The van der Waals surface area contributed by atoms with Gasteiger partial charge in [0, 0.05) is 18.1 Å². The third-order valence-electron chi connectivity index (χ3n) is 4.55. The van der Waals surface area contributed by atoms with Crippen molar-refractivity contribution in [3.05, 3.63) is 64.2 Å². The van der Waals surface area contributed by atoms with Crippen molar-refractivity contribution in [3.63, 3.8) is 0 Å². The number of amides is 1. The molecule has 0 radical (unpaired) electrons. The van der Waals surface area contributed by atoms with E-state index in [9.17, 15) is 10.1 Å². The fourth-order valence-electron chi connectivity index (χ4n) is 3.03. The lowest BCUT2D eigenvalue weighted by atomic mass is 10.1. The van der Waals surface area contributed by atoms with E-state index < -0.39 is 0 Å². The number of carbonyl (C=O) groups is 1. The topological polar surface area (TPSA) is 62.6 Å². The Morgan fingerprint density at radius 1 is 1.18 bits per heavy atom. The molecule has 2 aromatic rings. The molecule has 0 atom stereocenters. The molecule has 5 nitrogen and oxygen atoms in total. The van der Waals surface area contributed by atoms with E-state index in [2.05, 4.69) is 0 Å². The van der Waals surface area contributed by atoms with Crippen molar-refractivity contribution in [1.29, 1.82) is 5.26 Å². The quantitative estimate of drug-likeness (QED) is 0.534. The number of hydrogen-bond acceptors (Lipinski definition) is 4. The number of hydrogen-bond donors (Lipinski definition) is 0. The van der Waals surface area contributed by atoms with Gasteiger partial charge in [-0.3, -0.25) is 4.79 Å². The van der Waals surface area contributed by atoms with E-state index in [-0.39, 0.29) is 11.5 Å². The first kappa shape index (κ1) is 19.8. The van der Waals surface area contributed by atoms with Crippen LogP contribution in [0.1, 0.15) is 24.0 Å². The summed E-state index contributed by atoms with van der Waals surface area (Å²) < 4.78 is 11.3. The monoisotopic (exact) mass is 396 g/mol. The summed E-state index contributed by atoms with van der Waals surface area (Å²) in [5, 5.41) is 10.1. The molecule has 0 unspecified atom stereocenters. The third-order valence-corrected chi connectivity index (χ3v) is 4.80. The Hall–Kier alpha value is -2.97. The fourth-order valence-corrected chi connectivity index (χ4v) is 3.16. The molecule has 0 saturated carbocycles. The highest BCUT2D eigenvalue weighted by Gasteiger charge is 2.21. The lowest BCUT2D eigenvalue weighted by Gasteiger charge is -2.14. The number of ether oxygens (including phenoxy) is 2. The smallest absolute Gasteiger partial charge is 0.264 e. The van der Waals surface area contributed by atoms with Crippen LogP contribution in [0.3, 0.4) is 0 Å². The Labute approximate surface area is 169 Å². The molecule has 1 saturated heterocycles. The number of nitrogens with zero attached hydrogens (tertiary/aromatic N) is 2. The predicted molar refractivity (Wildman–Crippen MR) is 108 cm³/mol. The molecule has 0 bridgehead atoms. The molecule has 0 aromatic heterocycles. The van der Waals surface area contributed by atoms with Gasteiger partial charge in [-0.2, -0.15) is 5.26 Å². The number of likely N-dealkylation sites (tertiary alicyclic amines) is 1. The summed E-state index contributed by atoms with van der Waals surface area (Å²) in [4.78, 5) is 14.2. The molecule has 0 spiro atoms. The molecule has 6 heteroatoms. The minimum Gasteiger partial charge on any atom is -0.493 e. The van der Waals surface area contributed by atoms with Crippen LogP contribution >= 0.6 is 11.6 Å². The maximum Gasteiger partial charge on any atom is 0.264 e. The average Bonchev–Trinajstić information content (AvgIpc) is 3.26. The number of benzene rings is 2. The Morgan fingerprint density at radius 3 is 2.54 bits per heavy atom. The zero-order chi connectivity index (χ0) is 19.9. The fraction of sp³-hybridized carbons (Fsp3) is 0.273. The number of methoxy groups -OCH3 is 1. The van der Waals surface area contributed by atoms with E-state index in [1.165, 1.54) is 0 Å². The summed E-state index contributed by atoms with van der Waals surface area (Å²) in [6.07, 6.45) is 3.56. The lowest BCUT2D eigenvalue weighted by molar-refractivity contribution is -0.125. The summed E-state index contributed by atoms with van der Waals surface area (Å²) in [5.74, 6) is 0.898. The molecule has 3 rings (SSSR count). The third kappa shape index (κ3) is 4.85.